The van der Waals surface area contributed by atoms with Gasteiger partial charge in [0.25, 0.3) is 6.17 Å². The number of hydrogen-bond donors (Lipinski definition) is 1. The third-order valence-corrected chi connectivity index (χ3v) is 2.40. The highest BCUT2D eigenvalue weighted by Gasteiger charge is 2.23. The number of halogens is 1. The fraction of sp³-hybridized carbons (Fsp3) is 0.333. The Balaban J connectivity index is 2.84. The Labute approximate surface area is 86.8 Å². The summed E-state index contributed by atoms with van der Waals surface area (Å²) in [7, 11) is 0. The summed E-state index contributed by atoms with van der Waals surface area (Å²) in [6.45, 7) is 1.72. The zero-order valence-electron chi connectivity index (χ0n) is 7.68. The minimum atomic E-state index is -1.07. The molecule has 1 aromatic rings. The van der Waals surface area contributed by atoms with Crippen LogP contribution in [0.3, 0.4) is 0 Å². The number of hydrogen-bond acceptors (Lipinski definition) is 3. The topological polar surface area (TPSA) is 69.2 Å². The lowest BCUT2D eigenvalue weighted by Gasteiger charge is -2.12. The first-order valence-electron chi connectivity index (χ1n) is 4.17. The largest absolute Gasteiger partial charge is 0.270 e. The van der Waals surface area contributed by atoms with Crippen molar-refractivity contribution in [1.29, 1.82) is 0 Å². The molecule has 0 saturated carbocycles. The summed E-state index contributed by atoms with van der Waals surface area (Å²) in [6, 6.07) is 6.88. The average Bonchev–Trinajstić information content (AvgIpc) is 2.16. The van der Waals surface area contributed by atoms with Crippen LogP contribution in [0.2, 0.25) is 5.02 Å². The van der Waals surface area contributed by atoms with E-state index < -0.39 is 11.1 Å². The lowest BCUT2D eigenvalue weighted by atomic mass is 9.99. The van der Waals surface area contributed by atoms with E-state index in [0.717, 1.165) is 5.56 Å². The van der Waals surface area contributed by atoms with Gasteiger partial charge in [-0.3, -0.25) is 15.8 Å². The predicted molar refractivity (Wildman–Crippen MR) is 54.8 cm³/mol. The molecule has 0 radical (unpaired) electrons. The maximum absolute atomic E-state index is 10.4. The number of nitro groups is 1. The molecule has 0 amide bonds. The molecule has 2 N–H and O–H groups in total. The molecule has 1 rings (SSSR count). The van der Waals surface area contributed by atoms with Crippen molar-refractivity contribution in [2.24, 2.45) is 5.73 Å². The summed E-state index contributed by atoms with van der Waals surface area (Å²) in [4.78, 5) is 9.95. The van der Waals surface area contributed by atoms with E-state index in [-0.39, 0.29) is 5.92 Å². The van der Waals surface area contributed by atoms with Crippen molar-refractivity contribution in [3.63, 3.8) is 0 Å². The standard InChI is InChI=1S/C9H11ClN2O2/c1-6(9(11)12(13)14)7-2-4-8(10)5-3-7/h2-6,9H,11H2,1H3. The molecule has 0 fully saturated rings. The van der Waals surface area contributed by atoms with Crippen LogP contribution in [0.1, 0.15) is 18.4 Å². The third kappa shape index (κ3) is 2.43. The van der Waals surface area contributed by atoms with E-state index in [1.807, 2.05) is 0 Å². The van der Waals surface area contributed by atoms with Crippen LogP contribution in [0.25, 0.3) is 0 Å². The van der Waals surface area contributed by atoms with Crippen LogP contribution in [-0.2, 0) is 0 Å². The van der Waals surface area contributed by atoms with Crippen molar-refractivity contribution in [1.82, 2.24) is 0 Å². The minimum Gasteiger partial charge on any atom is -0.268 e. The predicted octanol–water partition coefficient (Wildman–Crippen LogP) is 2.00. The van der Waals surface area contributed by atoms with Gasteiger partial charge in [-0.25, -0.2) is 0 Å². The normalized spacial score (nSPS) is 14.8. The van der Waals surface area contributed by atoms with Crippen LogP contribution in [0.15, 0.2) is 24.3 Å². The first kappa shape index (κ1) is 10.9. The first-order valence-corrected chi connectivity index (χ1v) is 4.54. The molecule has 0 heterocycles. The Bertz CT molecular complexity index is 326. The Morgan fingerprint density at radius 2 is 1.93 bits per heavy atom. The molecule has 2 atom stereocenters. The number of rotatable bonds is 3. The van der Waals surface area contributed by atoms with Gasteiger partial charge in [0.1, 0.15) is 0 Å². The van der Waals surface area contributed by atoms with Crippen LogP contribution in [0, 0.1) is 10.1 Å². The molecule has 0 aliphatic heterocycles. The Morgan fingerprint density at radius 3 is 2.36 bits per heavy atom. The summed E-state index contributed by atoms with van der Waals surface area (Å²) >= 11 is 5.69. The molecular formula is C9H11ClN2O2. The second kappa shape index (κ2) is 4.39. The highest BCUT2D eigenvalue weighted by molar-refractivity contribution is 6.30. The summed E-state index contributed by atoms with van der Waals surface area (Å²) in [5, 5.41) is 11.0. The Hall–Kier alpha value is -1.13. The van der Waals surface area contributed by atoms with Crippen LogP contribution in [-0.4, -0.2) is 11.1 Å². The molecule has 4 nitrogen and oxygen atoms in total. The molecule has 2 unspecified atom stereocenters. The molecule has 0 aliphatic rings. The monoisotopic (exact) mass is 214 g/mol. The van der Waals surface area contributed by atoms with Crippen molar-refractivity contribution in [3.05, 3.63) is 45.0 Å². The van der Waals surface area contributed by atoms with Crippen LogP contribution in [0.5, 0.6) is 0 Å². The Kier molecular flexibility index (Phi) is 3.43. The zero-order chi connectivity index (χ0) is 10.7. The SMILES string of the molecule is CC(c1ccc(Cl)cc1)C(N)[N+](=O)[O-]. The summed E-state index contributed by atoms with van der Waals surface area (Å²) < 4.78 is 0. The van der Waals surface area contributed by atoms with E-state index in [0.29, 0.717) is 5.02 Å². The van der Waals surface area contributed by atoms with E-state index in [1.54, 1.807) is 31.2 Å². The third-order valence-electron chi connectivity index (χ3n) is 2.15. The fourth-order valence-electron chi connectivity index (χ4n) is 1.15. The van der Waals surface area contributed by atoms with Gasteiger partial charge < -0.3 is 0 Å². The lowest BCUT2D eigenvalue weighted by Crippen LogP contribution is -2.34. The molecular weight excluding hydrogens is 204 g/mol. The molecule has 1 aromatic carbocycles. The zero-order valence-corrected chi connectivity index (χ0v) is 8.44. The Morgan fingerprint density at radius 1 is 1.43 bits per heavy atom. The van der Waals surface area contributed by atoms with Crippen LogP contribution < -0.4 is 5.73 Å². The molecule has 76 valence electrons. The summed E-state index contributed by atoms with van der Waals surface area (Å²) in [5.74, 6) is -0.317. The second-order valence-corrected chi connectivity index (χ2v) is 3.55. The van der Waals surface area contributed by atoms with Gasteiger partial charge in [-0.1, -0.05) is 30.7 Å². The van der Waals surface area contributed by atoms with Gasteiger partial charge in [-0.2, -0.15) is 0 Å². The number of nitrogens with zero attached hydrogens (tertiary/aromatic N) is 1. The van der Waals surface area contributed by atoms with Gasteiger partial charge in [-0.05, 0) is 17.7 Å². The quantitative estimate of drug-likeness (QED) is 0.475. The first-order chi connectivity index (χ1) is 6.52. The van der Waals surface area contributed by atoms with E-state index in [1.165, 1.54) is 0 Å². The lowest BCUT2D eigenvalue weighted by molar-refractivity contribution is -0.525. The average molecular weight is 215 g/mol. The molecule has 0 aromatic heterocycles. The maximum atomic E-state index is 10.4. The van der Waals surface area contributed by atoms with Crippen LogP contribution in [0.4, 0.5) is 0 Å². The van der Waals surface area contributed by atoms with E-state index in [4.69, 9.17) is 17.3 Å². The van der Waals surface area contributed by atoms with E-state index >= 15 is 0 Å². The fourth-order valence-corrected chi connectivity index (χ4v) is 1.27. The van der Waals surface area contributed by atoms with Gasteiger partial charge in [0, 0.05) is 9.95 Å². The maximum Gasteiger partial charge on any atom is 0.270 e. The molecule has 5 heteroatoms. The second-order valence-electron chi connectivity index (χ2n) is 3.12. The van der Waals surface area contributed by atoms with Crippen molar-refractivity contribution in [2.45, 2.75) is 19.0 Å². The van der Waals surface area contributed by atoms with Crippen LogP contribution >= 0.6 is 11.6 Å². The summed E-state index contributed by atoms with van der Waals surface area (Å²) in [6.07, 6.45) is -1.07. The summed E-state index contributed by atoms with van der Waals surface area (Å²) in [5.41, 5.74) is 6.22. The van der Waals surface area contributed by atoms with E-state index in [2.05, 4.69) is 0 Å². The van der Waals surface area contributed by atoms with Crippen molar-refractivity contribution in [3.8, 4) is 0 Å². The highest BCUT2D eigenvalue weighted by Crippen LogP contribution is 2.20. The molecule has 0 saturated heterocycles. The molecule has 0 bridgehead atoms. The van der Waals surface area contributed by atoms with Crippen molar-refractivity contribution in [2.75, 3.05) is 0 Å². The van der Waals surface area contributed by atoms with Gasteiger partial charge in [0.05, 0.1) is 5.92 Å². The van der Waals surface area contributed by atoms with Gasteiger partial charge in [0.15, 0.2) is 0 Å². The number of nitrogens with two attached hydrogens (primary N) is 1. The number of benzene rings is 1. The van der Waals surface area contributed by atoms with E-state index in [9.17, 15) is 10.1 Å². The highest BCUT2D eigenvalue weighted by atomic mass is 35.5. The van der Waals surface area contributed by atoms with Gasteiger partial charge >= 0.3 is 0 Å². The minimum absolute atomic E-state index is 0.317. The molecule has 14 heavy (non-hydrogen) atoms. The molecule has 0 aliphatic carbocycles. The van der Waals surface area contributed by atoms with Crippen molar-refractivity contribution < 1.29 is 4.92 Å². The van der Waals surface area contributed by atoms with Gasteiger partial charge in [-0.15, -0.1) is 0 Å². The van der Waals surface area contributed by atoms with Crippen molar-refractivity contribution >= 4 is 11.6 Å². The molecule has 0 spiro atoms. The smallest absolute Gasteiger partial charge is 0.268 e. The van der Waals surface area contributed by atoms with Gasteiger partial charge in [0.2, 0.25) is 0 Å².